The van der Waals surface area contributed by atoms with Gasteiger partial charge in [-0.1, -0.05) is 6.07 Å². The van der Waals surface area contributed by atoms with Gasteiger partial charge in [-0.05, 0) is 18.2 Å². The fraction of sp³-hybridized carbons (Fsp3) is 0.0769. The number of hydrogen-bond donors (Lipinski definition) is 1. The average molecular weight is 263 g/mol. The smallest absolute Gasteiger partial charge is 0.339 e. The first-order valence-electron chi connectivity index (χ1n) is 5.32. The molecule has 98 valence electrons. The molecule has 0 unspecified atom stereocenters. The van der Waals surface area contributed by atoms with E-state index in [9.17, 15) is 9.18 Å². The molecular weight excluding hydrogens is 253 g/mol. The third kappa shape index (κ3) is 2.98. The number of carboxylic acid groups (broad SMARTS) is 1. The topological polar surface area (TPSA) is 68.7 Å². The van der Waals surface area contributed by atoms with E-state index in [-0.39, 0.29) is 17.2 Å². The molecule has 0 amide bonds. The summed E-state index contributed by atoms with van der Waals surface area (Å²) >= 11 is 0. The van der Waals surface area contributed by atoms with Gasteiger partial charge in [0, 0.05) is 12.1 Å². The van der Waals surface area contributed by atoms with Gasteiger partial charge in [-0.15, -0.1) is 0 Å². The van der Waals surface area contributed by atoms with Crippen molar-refractivity contribution in [1.82, 2.24) is 4.98 Å². The Labute approximate surface area is 108 Å². The van der Waals surface area contributed by atoms with Crippen LogP contribution in [-0.2, 0) is 0 Å². The van der Waals surface area contributed by atoms with Crippen LogP contribution in [0.2, 0.25) is 0 Å². The Bertz CT molecular complexity index is 615. The van der Waals surface area contributed by atoms with E-state index >= 15 is 0 Å². The molecule has 19 heavy (non-hydrogen) atoms. The highest BCUT2D eigenvalue weighted by Crippen LogP contribution is 2.26. The molecule has 1 aromatic heterocycles. The Kier molecular flexibility index (Phi) is 3.61. The number of hydrogen-bond acceptors (Lipinski definition) is 4. The molecule has 0 aliphatic carbocycles. The van der Waals surface area contributed by atoms with E-state index in [0.717, 1.165) is 12.1 Å². The van der Waals surface area contributed by atoms with Crippen molar-refractivity contribution in [1.29, 1.82) is 0 Å². The van der Waals surface area contributed by atoms with E-state index in [2.05, 4.69) is 4.98 Å². The van der Waals surface area contributed by atoms with Gasteiger partial charge in [-0.25, -0.2) is 9.18 Å². The number of aromatic nitrogens is 1. The van der Waals surface area contributed by atoms with Gasteiger partial charge in [-0.2, -0.15) is 4.98 Å². The zero-order valence-corrected chi connectivity index (χ0v) is 9.96. The van der Waals surface area contributed by atoms with Crippen molar-refractivity contribution in [2.24, 2.45) is 0 Å². The normalized spacial score (nSPS) is 10.0. The first-order valence-corrected chi connectivity index (χ1v) is 5.32. The SMILES string of the molecule is COc1cccc(Oc2ccc(F)cc2C(=O)O)n1. The zero-order valence-electron chi connectivity index (χ0n) is 9.96. The van der Waals surface area contributed by atoms with Crippen LogP contribution < -0.4 is 9.47 Å². The lowest BCUT2D eigenvalue weighted by atomic mass is 10.2. The molecule has 0 aliphatic heterocycles. The number of pyridine rings is 1. The second kappa shape index (κ2) is 5.34. The number of methoxy groups -OCH3 is 1. The summed E-state index contributed by atoms with van der Waals surface area (Å²) in [5, 5.41) is 8.98. The van der Waals surface area contributed by atoms with E-state index in [4.69, 9.17) is 14.6 Å². The third-order valence-electron chi connectivity index (χ3n) is 2.29. The largest absolute Gasteiger partial charge is 0.481 e. The molecule has 0 aliphatic rings. The lowest BCUT2D eigenvalue weighted by Gasteiger charge is -2.08. The number of nitrogens with zero attached hydrogens (tertiary/aromatic N) is 1. The van der Waals surface area contributed by atoms with Crippen LogP contribution in [0.3, 0.4) is 0 Å². The highest BCUT2D eigenvalue weighted by atomic mass is 19.1. The number of carbonyl (C=O) groups is 1. The van der Waals surface area contributed by atoms with Crippen LogP contribution in [0.25, 0.3) is 0 Å². The Morgan fingerprint density at radius 2 is 2.00 bits per heavy atom. The Morgan fingerprint density at radius 1 is 1.26 bits per heavy atom. The molecule has 0 spiro atoms. The summed E-state index contributed by atoms with van der Waals surface area (Å²) in [4.78, 5) is 15.0. The molecule has 0 saturated carbocycles. The van der Waals surface area contributed by atoms with Crippen molar-refractivity contribution in [3.63, 3.8) is 0 Å². The molecule has 0 fully saturated rings. The highest BCUT2D eigenvalue weighted by Gasteiger charge is 2.14. The Balaban J connectivity index is 2.34. The van der Waals surface area contributed by atoms with Gasteiger partial charge in [0.05, 0.1) is 7.11 Å². The minimum atomic E-state index is -1.28. The van der Waals surface area contributed by atoms with Gasteiger partial charge < -0.3 is 14.6 Å². The van der Waals surface area contributed by atoms with Crippen LogP contribution >= 0.6 is 0 Å². The van der Waals surface area contributed by atoms with E-state index in [1.54, 1.807) is 12.1 Å². The minimum absolute atomic E-state index is 0.00894. The van der Waals surface area contributed by atoms with Crippen molar-refractivity contribution in [2.75, 3.05) is 7.11 Å². The van der Waals surface area contributed by atoms with Gasteiger partial charge in [-0.3, -0.25) is 0 Å². The summed E-state index contributed by atoms with van der Waals surface area (Å²) in [6.07, 6.45) is 0. The molecule has 1 N–H and O–H groups in total. The monoisotopic (exact) mass is 263 g/mol. The standard InChI is InChI=1S/C13H10FNO4/c1-18-11-3-2-4-12(15-11)19-10-6-5-8(14)7-9(10)13(16)17/h2-7H,1H3,(H,16,17). The number of aromatic carboxylic acids is 1. The van der Waals surface area contributed by atoms with Crippen LogP contribution in [-0.4, -0.2) is 23.2 Å². The fourth-order valence-electron chi connectivity index (χ4n) is 1.44. The predicted octanol–water partition coefficient (Wildman–Crippen LogP) is 2.72. The van der Waals surface area contributed by atoms with E-state index in [0.29, 0.717) is 5.88 Å². The molecule has 6 heteroatoms. The number of ether oxygens (including phenoxy) is 2. The zero-order chi connectivity index (χ0) is 13.8. The van der Waals surface area contributed by atoms with Crippen LogP contribution in [0.15, 0.2) is 36.4 Å². The number of benzene rings is 1. The first kappa shape index (κ1) is 12.8. The summed E-state index contributed by atoms with van der Waals surface area (Å²) in [6, 6.07) is 8.04. The lowest BCUT2D eigenvalue weighted by Crippen LogP contribution is -2.01. The van der Waals surface area contributed by atoms with Crippen molar-refractivity contribution in [3.05, 3.63) is 47.8 Å². The third-order valence-corrected chi connectivity index (χ3v) is 2.29. The molecule has 1 aromatic carbocycles. The average Bonchev–Trinajstić information content (AvgIpc) is 2.41. The van der Waals surface area contributed by atoms with Crippen molar-refractivity contribution < 1.29 is 23.8 Å². The van der Waals surface area contributed by atoms with Gasteiger partial charge >= 0.3 is 5.97 Å². The molecule has 0 atom stereocenters. The fourth-order valence-corrected chi connectivity index (χ4v) is 1.44. The molecular formula is C13H10FNO4. The molecule has 0 radical (unpaired) electrons. The lowest BCUT2D eigenvalue weighted by molar-refractivity contribution is 0.0693. The summed E-state index contributed by atoms with van der Waals surface area (Å²) in [5.74, 6) is -1.43. The van der Waals surface area contributed by atoms with E-state index < -0.39 is 11.8 Å². The first-order chi connectivity index (χ1) is 9.10. The van der Waals surface area contributed by atoms with E-state index in [1.165, 1.54) is 19.2 Å². The second-order valence-corrected chi connectivity index (χ2v) is 3.57. The minimum Gasteiger partial charge on any atom is -0.481 e. The predicted molar refractivity (Wildman–Crippen MR) is 64.2 cm³/mol. The van der Waals surface area contributed by atoms with Gasteiger partial charge in [0.15, 0.2) is 0 Å². The highest BCUT2D eigenvalue weighted by molar-refractivity contribution is 5.90. The molecule has 2 aromatic rings. The van der Waals surface area contributed by atoms with Crippen LogP contribution in [0, 0.1) is 5.82 Å². The molecule has 5 nitrogen and oxygen atoms in total. The van der Waals surface area contributed by atoms with Gasteiger partial charge in [0.2, 0.25) is 11.8 Å². The maximum Gasteiger partial charge on any atom is 0.339 e. The summed E-state index contributed by atoms with van der Waals surface area (Å²) in [7, 11) is 1.45. The van der Waals surface area contributed by atoms with Crippen LogP contribution in [0.4, 0.5) is 4.39 Å². The summed E-state index contributed by atoms with van der Waals surface area (Å²) in [6.45, 7) is 0. The summed E-state index contributed by atoms with van der Waals surface area (Å²) < 4.78 is 23.3. The van der Waals surface area contributed by atoms with Gasteiger partial charge in [0.25, 0.3) is 0 Å². The second-order valence-electron chi connectivity index (χ2n) is 3.57. The van der Waals surface area contributed by atoms with Gasteiger partial charge in [0.1, 0.15) is 17.1 Å². The molecule has 2 rings (SSSR count). The molecule has 0 saturated heterocycles. The summed E-state index contributed by atoms with van der Waals surface area (Å²) in [5.41, 5.74) is -0.274. The number of halogens is 1. The Hall–Kier alpha value is -2.63. The number of rotatable bonds is 4. The maximum atomic E-state index is 13.0. The van der Waals surface area contributed by atoms with Crippen molar-refractivity contribution in [2.45, 2.75) is 0 Å². The number of carboxylic acids is 1. The van der Waals surface area contributed by atoms with Crippen LogP contribution in [0.1, 0.15) is 10.4 Å². The molecule has 1 heterocycles. The quantitative estimate of drug-likeness (QED) is 0.918. The van der Waals surface area contributed by atoms with Crippen LogP contribution in [0.5, 0.6) is 17.5 Å². The Morgan fingerprint density at radius 3 is 2.68 bits per heavy atom. The maximum absolute atomic E-state index is 13.0. The van der Waals surface area contributed by atoms with Crippen molar-refractivity contribution in [3.8, 4) is 17.5 Å². The van der Waals surface area contributed by atoms with E-state index in [1.807, 2.05) is 0 Å². The molecule has 0 bridgehead atoms. The van der Waals surface area contributed by atoms with Crippen molar-refractivity contribution >= 4 is 5.97 Å².